The third kappa shape index (κ3) is 4.25. The highest BCUT2D eigenvalue weighted by Gasteiger charge is 2.24. The number of carbonyl (C=O) groups excluding carboxylic acids is 1. The standard InChI is InChI=1S/C26H29N5OS/c1-17-7-5-8-22(16-17)31-24-23(20(4)28-31)33-26(27-24)30-10-6-9-29(11-12-30)25(32)21-14-18(2)13-19(3)15-21/h5,7-8,13-16H,6,9-12H2,1-4H3. The molecule has 2 aromatic carbocycles. The van der Waals surface area contributed by atoms with Crippen molar-refractivity contribution in [2.75, 3.05) is 31.1 Å². The number of rotatable bonds is 3. The predicted octanol–water partition coefficient (Wildman–Crippen LogP) is 5.07. The normalized spacial score (nSPS) is 14.7. The average Bonchev–Trinajstić information content (AvgIpc) is 3.23. The molecule has 0 N–H and O–H groups in total. The van der Waals surface area contributed by atoms with Gasteiger partial charge < -0.3 is 9.80 Å². The van der Waals surface area contributed by atoms with Gasteiger partial charge in [0.15, 0.2) is 10.8 Å². The van der Waals surface area contributed by atoms with Crippen LogP contribution in [0.5, 0.6) is 0 Å². The molecule has 33 heavy (non-hydrogen) atoms. The van der Waals surface area contributed by atoms with Gasteiger partial charge in [0.2, 0.25) is 0 Å². The molecule has 0 radical (unpaired) electrons. The molecule has 0 atom stereocenters. The summed E-state index contributed by atoms with van der Waals surface area (Å²) in [4.78, 5) is 22.5. The van der Waals surface area contributed by atoms with Crippen molar-refractivity contribution in [2.24, 2.45) is 0 Å². The number of anilines is 1. The van der Waals surface area contributed by atoms with Crippen LogP contribution in [0.25, 0.3) is 16.0 Å². The SMILES string of the molecule is Cc1cc(C)cc(C(=O)N2CCCN(c3nc4c(s3)c(C)nn4-c3cccc(C)c3)CC2)c1. The van der Waals surface area contributed by atoms with Gasteiger partial charge in [0.25, 0.3) is 5.91 Å². The third-order valence-corrected chi connectivity index (χ3v) is 7.36. The molecule has 0 spiro atoms. The first kappa shape index (κ1) is 21.6. The fourth-order valence-corrected chi connectivity index (χ4v) is 5.63. The number of aromatic nitrogens is 3. The Balaban J connectivity index is 1.38. The summed E-state index contributed by atoms with van der Waals surface area (Å²) in [6, 6.07) is 14.4. The highest BCUT2D eigenvalue weighted by atomic mass is 32.1. The highest BCUT2D eigenvalue weighted by molar-refractivity contribution is 7.22. The van der Waals surface area contributed by atoms with Crippen molar-refractivity contribution in [3.8, 4) is 5.69 Å². The lowest BCUT2D eigenvalue weighted by Crippen LogP contribution is -2.35. The van der Waals surface area contributed by atoms with Crippen LogP contribution in [0.4, 0.5) is 5.13 Å². The van der Waals surface area contributed by atoms with E-state index in [-0.39, 0.29) is 5.91 Å². The first-order valence-corrected chi connectivity index (χ1v) is 12.3. The second-order valence-corrected chi connectivity index (χ2v) is 9.97. The van der Waals surface area contributed by atoms with E-state index in [0.717, 1.165) is 69.6 Å². The lowest BCUT2D eigenvalue weighted by atomic mass is 10.1. The van der Waals surface area contributed by atoms with E-state index in [9.17, 15) is 4.79 Å². The minimum absolute atomic E-state index is 0.124. The van der Waals surface area contributed by atoms with E-state index < -0.39 is 0 Å². The predicted molar refractivity (Wildman–Crippen MR) is 135 cm³/mol. The largest absolute Gasteiger partial charge is 0.346 e. The first-order valence-electron chi connectivity index (χ1n) is 11.4. The number of aryl methyl sites for hydroxylation is 4. The second kappa shape index (κ2) is 8.63. The average molecular weight is 460 g/mol. The summed E-state index contributed by atoms with van der Waals surface area (Å²) >= 11 is 1.70. The van der Waals surface area contributed by atoms with Crippen LogP contribution in [0.2, 0.25) is 0 Å². The summed E-state index contributed by atoms with van der Waals surface area (Å²) in [6.45, 7) is 11.4. The quantitative estimate of drug-likeness (QED) is 0.429. The zero-order valence-electron chi connectivity index (χ0n) is 19.6. The molecular formula is C26H29N5OS. The molecule has 1 fully saturated rings. The molecule has 0 aliphatic carbocycles. The topological polar surface area (TPSA) is 54.3 Å². The Morgan fingerprint density at radius 1 is 0.909 bits per heavy atom. The van der Waals surface area contributed by atoms with Gasteiger partial charge in [-0.15, -0.1) is 0 Å². The Bertz CT molecular complexity index is 1320. The van der Waals surface area contributed by atoms with Gasteiger partial charge in [0.05, 0.1) is 16.1 Å². The van der Waals surface area contributed by atoms with Gasteiger partial charge in [-0.1, -0.05) is 40.7 Å². The molecule has 1 aliphatic heterocycles. The number of amides is 1. The molecule has 170 valence electrons. The maximum Gasteiger partial charge on any atom is 0.253 e. The van der Waals surface area contributed by atoms with E-state index in [1.165, 1.54) is 5.56 Å². The Morgan fingerprint density at radius 3 is 2.45 bits per heavy atom. The van der Waals surface area contributed by atoms with Crippen LogP contribution in [0.1, 0.15) is 39.2 Å². The lowest BCUT2D eigenvalue weighted by Gasteiger charge is -2.22. The van der Waals surface area contributed by atoms with Crippen molar-refractivity contribution in [3.63, 3.8) is 0 Å². The molecule has 3 heterocycles. The van der Waals surface area contributed by atoms with E-state index in [4.69, 9.17) is 10.1 Å². The summed E-state index contributed by atoms with van der Waals surface area (Å²) in [5.41, 5.74) is 7.18. The Kier molecular flexibility index (Phi) is 5.66. The molecule has 7 heteroatoms. The van der Waals surface area contributed by atoms with Crippen LogP contribution >= 0.6 is 11.3 Å². The van der Waals surface area contributed by atoms with E-state index in [0.29, 0.717) is 6.54 Å². The van der Waals surface area contributed by atoms with Crippen molar-refractivity contribution < 1.29 is 4.79 Å². The van der Waals surface area contributed by atoms with Crippen LogP contribution in [0.3, 0.4) is 0 Å². The third-order valence-electron chi connectivity index (χ3n) is 6.15. The molecule has 1 aliphatic rings. The maximum atomic E-state index is 13.2. The molecular weight excluding hydrogens is 430 g/mol. The van der Waals surface area contributed by atoms with Gasteiger partial charge in [-0.3, -0.25) is 4.79 Å². The van der Waals surface area contributed by atoms with Crippen LogP contribution in [-0.2, 0) is 0 Å². The smallest absolute Gasteiger partial charge is 0.253 e. The second-order valence-electron chi connectivity index (χ2n) is 8.99. The van der Waals surface area contributed by atoms with Crippen LogP contribution in [-0.4, -0.2) is 51.8 Å². The van der Waals surface area contributed by atoms with Crippen molar-refractivity contribution in [1.29, 1.82) is 0 Å². The molecule has 2 aromatic heterocycles. The van der Waals surface area contributed by atoms with Gasteiger partial charge >= 0.3 is 0 Å². The fraction of sp³-hybridized carbons (Fsp3) is 0.346. The number of nitrogens with zero attached hydrogens (tertiary/aromatic N) is 5. The molecule has 4 aromatic rings. The Labute approximate surface area is 198 Å². The molecule has 0 saturated carbocycles. The molecule has 5 rings (SSSR count). The maximum absolute atomic E-state index is 13.2. The van der Waals surface area contributed by atoms with Crippen LogP contribution in [0.15, 0.2) is 42.5 Å². The molecule has 0 unspecified atom stereocenters. The summed E-state index contributed by atoms with van der Waals surface area (Å²) in [6.07, 6.45) is 0.926. The Hall–Kier alpha value is -3.19. The minimum atomic E-state index is 0.124. The number of thiazole rings is 1. The minimum Gasteiger partial charge on any atom is -0.346 e. The molecule has 0 bridgehead atoms. The molecule has 6 nitrogen and oxygen atoms in total. The number of fused-ring (bicyclic) bond motifs is 1. The lowest BCUT2D eigenvalue weighted by molar-refractivity contribution is 0.0767. The van der Waals surface area contributed by atoms with Crippen molar-refractivity contribution in [1.82, 2.24) is 19.7 Å². The molecule has 1 amide bonds. The monoisotopic (exact) mass is 459 g/mol. The van der Waals surface area contributed by atoms with E-state index in [2.05, 4.69) is 42.2 Å². The van der Waals surface area contributed by atoms with Gasteiger partial charge in [-0.05, 0) is 63.9 Å². The van der Waals surface area contributed by atoms with Gasteiger partial charge in [-0.25, -0.2) is 4.68 Å². The number of carbonyl (C=O) groups is 1. The van der Waals surface area contributed by atoms with Gasteiger partial charge in [-0.2, -0.15) is 10.1 Å². The Morgan fingerprint density at radius 2 is 1.70 bits per heavy atom. The summed E-state index contributed by atoms with van der Waals surface area (Å²) in [5.74, 6) is 0.124. The summed E-state index contributed by atoms with van der Waals surface area (Å²) in [7, 11) is 0. The first-order chi connectivity index (χ1) is 15.9. The van der Waals surface area contributed by atoms with Crippen LogP contribution < -0.4 is 4.90 Å². The van der Waals surface area contributed by atoms with Crippen molar-refractivity contribution in [2.45, 2.75) is 34.1 Å². The number of hydrogen-bond donors (Lipinski definition) is 0. The van der Waals surface area contributed by atoms with Gasteiger partial charge in [0.1, 0.15) is 0 Å². The number of benzene rings is 2. The molecule has 1 saturated heterocycles. The zero-order chi connectivity index (χ0) is 23.1. The highest BCUT2D eigenvalue weighted by Crippen LogP contribution is 2.33. The van der Waals surface area contributed by atoms with E-state index in [1.807, 2.05) is 42.5 Å². The van der Waals surface area contributed by atoms with Crippen molar-refractivity contribution >= 4 is 32.7 Å². The summed E-state index contributed by atoms with van der Waals surface area (Å²) in [5, 5.41) is 5.75. The van der Waals surface area contributed by atoms with Gasteiger partial charge in [0, 0.05) is 31.7 Å². The number of hydrogen-bond acceptors (Lipinski definition) is 5. The van der Waals surface area contributed by atoms with E-state index >= 15 is 0 Å². The zero-order valence-corrected chi connectivity index (χ0v) is 20.4. The van der Waals surface area contributed by atoms with Crippen LogP contribution in [0, 0.1) is 27.7 Å². The summed E-state index contributed by atoms with van der Waals surface area (Å²) < 4.78 is 3.07. The van der Waals surface area contributed by atoms with Crippen molar-refractivity contribution in [3.05, 3.63) is 70.4 Å². The fourth-order valence-electron chi connectivity index (χ4n) is 4.59. The van der Waals surface area contributed by atoms with E-state index in [1.54, 1.807) is 11.3 Å².